The number of rotatable bonds is 2. The number of hydrogen-bond donors (Lipinski definition) is 2. The van der Waals surface area contributed by atoms with E-state index in [1.54, 1.807) is 6.07 Å². The number of H-pyrrole nitrogens is 1. The summed E-state index contributed by atoms with van der Waals surface area (Å²) in [5.74, 6) is 0. The van der Waals surface area contributed by atoms with E-state index in [0.29, 0.717) is 11.9 Å². The van der Waals surface area contributed by atoms with Gasteiger partial charge in [-0.3, -0.25) is 9.78 Å². The van der Waals surface area contributed by atoms with Gasteiger partial charge in [-0.15, -0.1) is 0 Å². The zero-order valence-corrected chi connectivity index (χ0v) is 11.2. The topological polar surface area (TPSA) is 71.8 Å². The Morgan fingerprint density at radius 3 is 2.65 bits per heavy atom. The van der Waals surface area contributed by atoms with Crippen molar-refractivity contribution in [2.75, 3.05) is 0 Å². The molecule has 0 aliphatic carbocycles. The van der Waals surface area contributed by atoms with Crippen LogP contribution in [0, 0.1) is 6.92 Å². The van der Waals surface area contributed by atoms with Crippen LogP contribution in [0.25, 0.3) is 22.0 Å². The zero-order chi connectivity index (χ0) is 14.1. The number of nitrogens with two attached hydrogens (primary N) is 1. The first-order valence-electron chi connectivity index (χ1n) is 6.46. The minimum Gasteiger partial charge on any atom is -0.357 e. The minimum absolute atomic E-state index is 0.0129. The molecule has 20 heavy (non-hydrogen) atoms. The van der Waals surface area contributed by atoms with E-state index in [2.05, 4.69) is 9.97 Å². The summed E-state index contributed by atoms with van der Waals surface area (Å²) in [5, 5.41) is 0.667. The van der Waals surface area contributed by atoms with Crippen molar-refractivity contribution in [3.63, 3.8) is 0 Å². The normalized spacial score (nSPS) is 10.9. The van der Waals surface area contributed by atoms with Crippen LogP contribution in [0.1, 0.15) is 11.4 Å². The maximum absolute atomic E-state index is 12.1. The molecule has 2 heterocycles. The minimum atomic E-state index is -0.0129. The predicted octanol–water partition coefficient (Wildman–Crippen LogP) is 2.36. The number of aromatic nitrogens is 2. The summed E-state index contributed by atoms with van der Waals surface area (Å²) in [4.78, 5) is 19.6. The Morgan fingerprint density at radius 1 is 1.15 bits per heavy atom. The summed E-state index contributed by atoms with van der Waals surface area (Å²) in [5.41, 5.74) is 10.1. The first kappa shape index (κ1) is 12.6. The number of hydrogen-bond acceptors (Lipinski definition) is 3. The van der Waals surface area contributed by atoms with E-state index in [4.69, 9.17) is 5.73 Å². The first-order valence-corrected chi connectivity index (χ1v) is 6.46. The highest BCUT2D eigenvalue weighted by Crippen LogP contribution is 2.21. The third-order valence-corrected chi connectivity index (χ3v) is 3.35. The average Bonchev–Trinajstić information content (AvgIpc) is 2.47. The average molecular weight is 265 g/mol. The van der Waals surface area contributed by atoms with Crippen molar-refractivity contribution < 1.29 is 0 Å². The Balaban J connectivity index is 2.18. The quantitative estimate of drug-likeness (QED) is 0.747. The van der Waals surface area contributed by atoms with Crippen LogP contribution in [0.5, 0.6) is 0 Å². The lowest BCUT2D eigenvalue weighted by Gasteiger charge is -2.05. The largest absolute Gasteiger partial charge is 0.357 e. The van der Waals surface area contributed by atoms with Crippen molar-refractivity contribution in [3.8, 4) is 11.1 Å². The predicted molar refractivity (Wildman–Crippen MR) is 80.4 cm³/mol. The summed E-state index contributed by atoms with van der Waals surface area (Å²) in [6, 6.07) is 11.3. The highest BCUT2D eigenvalue weighted by molar-refractivity contribution is 5.84. The smallest absolute Gasteiger partial charge is 0.189 e. The molecular formula is C16H15N3O. The summed E-state index contributed by atoms with van der Waals surface area (Å²) in [6.07, 6.45) is 1.82. The molecule has 0 radical (unpaired) electrons. The van der Waals surface area contributed by atoms with E-state index >= 15 is 0 Å². The van der Waals surface area contributed by atoms with Crippen LogP contribution in [0.3, 0.4) is 0 Å². The molecule has 0 saturated heterocycles. The summed E-state index contributed by atoms with van der Waals surface area (Å²) >= 11 is 0. The van der Waals surface area contributed by atoms with Gasteiger partial charge in [0.25, 0.3) is 0 Å². The van der Waals surface area contributed by atoms with Gasteiger partial charge in [0.05, 0.1) is 0 Å². The molecule has 0 aliphatic rings. The monoisotopic (exact) mass is 265 g/mol. The number of aryl methyl sites for hydroxylation is 1. The molecule has 0 aliphatic heterocycles. The van der Waals surface area contributed by atoms with Crippen molar-refractivity contribution in [1.82, 2.24) is 9.97 Å². The number of fused-ring (bicyclic) bond motifs is 1. The van der Waals surface area contributed by atoms with Crippen LogP contribution >= 0.6 is 0 Å². The van der Waals surface area contributed by atoms with Gasteiger partial charge in [-0.05, 0) is 30.7 Å². The first-order chi connectivity index (χ1) is 9.67. The van der Waals surface area contributed by atoms with Crippen LogP contribution in [0.15, 0.2) is 47.4 Å². The van der Waals surface area contributed by atoms with E-state index in [1.807, 2.05) is 43.5 Å². The molecule has 0 fully saturated rings. The molecule has 2 aromatic heterocycles. The Labute approximate surface area is 116 Å². The third-order valence-electron chi connectivity index (χ3n) is 3.35. The van der Waals surface area contributed by atoms with Crippen LogP contribution in [-0.4, -0.2) is 9.97 Å². The summed E-state index contributed by atoms with van der Waals surface area (Å²) < 4.78 is 0. The van der Waals surface area contributed by atoms with Crippen LogP contribution < -0.4 is 11.2 Å². The van der Waals surface area contributed by atoms with Gasteiger partial charge < -0.3 is 10.7 Å². The number of benzene rings is 1. The molecule has 0 unspecified atom stereocenters. The standard InChI is InChI=1S/C16H15N3O/c1-10-2-3-12(9-18-10)11-4-5-15-14(6-11)16(20)7-13(8-17)19-15/h2-7,9H,8,17H2,1H3,(H,19,20). The molecule has 0 atom stereocenters. The van der Waals surface area contributed by atoms with E-state index in [9.17, 15) is 4.79 Å². The van der Waals surface area contributed by atoms with Crippen molar-refractivity contribution >= 4 is 10.9 Å². The molecule has 0 spiro atoms. The van der Waals surface area contributed by atoms with Crippen molar-refractivity contribution in [3.05, 3.63) is 64.2 Å². The van der Waals surface area contributed by atoms with Crippen molar-refractivity contribution in [2.45, 2.75) is 13.5 Å². The van der Waals surface area contributed by atoms with E-state index in [0.717, 1.165) is 28.0 Å². The highest BCUT2D eigenvalue weighted by atomic mass is 16.1. The molecular weight excluding hydrogens is 250 g/mol. The number of aromatic amines is 1. The fraction of sp³-hybridized carbons (Fsp3) is 0.125. The van der Waals surface area contributed by atoms with E-state index in [1.165, 1.54) is 0 Å². The molecule has 0 saturated carbocycles. The number of pyridine rings is 2. The van der Waals surface area contributed by atoms with Crippen LogP contribution in [0.4, 0.5) is 0 Å². The molecule has 4 heteroatoms. The Hall–Kier alpha value is -2.46. The summed E-state index contributed by atoms with van der Waals surface area (Å²) in [7, 11) is 0. The lowest BCUT2D eigenvalue weighted by molar-refractivity contribution is 1.00. The molecule has 3 N–H and O–H groups in total. The maximum atomic E-state index is 12.1. The number of nitrogens with zero attached hydrogens (tertiary/aromatic N) is 1. The second-order valence-electron chi connectivity index (χ2n) is 4.81. The fourth-order valence-corrected chi connectivity index (χ4v) is 2.23. The van der Waals surface area contributed by atoms with Gasteiger partial charge in [0.15, 0.2) is 5.43 Å². The van der Waals surface area contributed by atoms with Gasteiger partial charge in [-0.25, -0.2) is 0 Å². The van der Waals surface area contributed by atoms with E-state index in [-0.39, 0.29) is 5.43 Å². The molecule has 1 aromatic carbocycles. The summed E-state index contributed by atoms with van der Waals surface area (Å²) in [6.45, 7) is 2.28. The van der Waals surface area contributed by atoms with Crippen LogP contribution in [0.2, 0.25) is 0 Å². The molecule has 3 rings (SSSR count). The van der Waals surface area contributed by atoms with Crippen LogP contribution in [-0.2, 0) is 6.54 Å². The second-order valence-corrected chi connectivity index (χ2v) is 4.81. The van der Waals surface area contributed by atoms with Crippen molar-refractivity contribution in [1.29, 1.82) is 0 Å². The zero-order valence-electron chi connectivity index (χ0n) is 11.2. The van der Waals surface area contributed by atoms with Gasteiger partial charge in [-0.1, -0.05) is 12.1 Å². The number of nitrogens with one attached hydrogen (secondary N) is 1. The molecule has 3 aromatic rings. The van der Waals surface area contributed by atoms with Gasteiger partial charge in [-0.2, -0.15) is 0 Å². The molecule has 100 valence electrons. The Kier molecular flexibility index (Phi) is 3.08. The highest BCUT2D eigenvalue weighted by Gasteiger charge is 2.04. The SMILES string of the molecule is Cc1ccc(-c2ccc3[nH]c(CN)cc(=O)c3c2)cn1. The lowest BCUT2D eigenvalue weighted by atomic mass is 10.0. The van der Waals surface area contributed by atoms with E-state index < -0.39 is 0 Å². The van der Waals surface area contributed by atoms with Gasteiger partial charge in [0.1, 0.15) is 0 Å². The Bertz CT molecular complexity index is 819. The van der Waals surface area contributed by atoms with Gasteiger partial charge in [0, 0.05) is 46.7 Å². The molecule has 0 bridgehead atoms. The molecule has 0 amide bonds. The molecule has 4 nitrogen and oxygen atoms in total. The Morgan fingerprint density at radius 2 is 1.95 bits per heavy atom. The third kappa shape index (κ3) is 2.21. The lowest BCUT2D eigenvalue weighted by Crippen LogP contribution is -2.08. The van der Waals surface area contributed by atoms with Crippen molar-refractivity contribution in [2.24, 2.45) is 5.73 Å². The maximum Gasteiger partial charge on any atom is 0.189 e. The second kappa shape index (κ2) is 4.90. The fourth-order valence-electron chi connectivity index (χ4n) is 2.23. The van der Waals surface area contributed by atoms with Gasteiger partial charge in [0.2, 0.25) is 0 Å². The van der Waals surface area contributed by atoms with Gasteiger partial charge >= 0.3 is 0 Å².